The van der Waals surface area contributed by atoms with Crippen LogP contribution in [-0.4, -0.2) is 6.29 Å². The molecule has 0 saturated heterocycles. The first kappa shape index (κ1) is 6.10. The molecule has 0 atom stereocenters. The molecule has 1 aromatic heterocycles. The van der Waals surface area contributed by atoms with Crippen LogP contribution in [0.25, 0.3) is 0 Å². The summed E-state index contributed by atoms with van der Waals surface area (Å²) in [6.07, 6.45) is 4.59. The van der Waals surface area contributed by atoms with Gasteiger partial charge in [-0.1, -0.05) is 0 Å². The standard InChI is InChI=1S/C8H8OS/c9-5-7-4-6-2-1-3-8(6)10-7/h4-5H,1-3H2. The fourth-order valence-electron chi connectivity index (χ4n) is 1.41. The molecule has 0 amide bonds. The van der Waals surface area contributed by atoms with E-state index in [0.717, 1.165) is 11.2 Å². The molecule has 0 bridgehead atoms. The van der Waals surface area contributed by atoms with Gasteiger partial charge < -0.3 is 0 Å². The SMILES string of the molecule is O=Cc1cc2c(s1)CCC2. The van der Waals surface area contributed by atoms with Gasteiger partial charge in [0.2, 0.25) is 0 Å². The van der Waals surface area contributed by atoms with Crippen molar-refractivity contribution in [2.75, 3.05) is 0 Å². The van der Waals surface area contributed by atoms with Crippen LogP contribution in [0.4, 0.5) is 0 Å². The van der Waals surface area contributed by atoms with Crippen molar-refractivity contribution in [2.24, 2.45) is 0 Å². The van der Waals surface area contributed by atoms with Gasteiger partial charge in [0.15, 0.2) is 6.29 Å². The monoisotopic (exact) mass is 152 g/mol. The number of thiophene rings is 1. The molecule has 0 aliphatic heterocycles. The number of carbonyl (C=O) groups excluding carboxylic acids is 1. The Kier molecular flexibility index (Phi) is 1.34. The molecule has 1 aromatic rings. The Morgan fingerprint density at radius 3 is 3.10 bits per heavy atom. The summed E-state index contributed by atoms with van der Waals surface area (Å²) in [7, 11) is 0. The summed E-state index contributed by atoms with van der Waals surface area (Å²) in [6, 6.07) is 2.03. The zero-order valence-corrected chi connectivity index (χ0v) is 6.41. The first-order chi connectivity index (χ1) is 4.90. The summed E-state index contributed by atoms with van der Waals surface area (Å²) in [5, 5.41) is 0. The van der Waals surface area contributed by atoms with E-state index in [9.17, 15) is 4.79 Å². The van der Waals surface area contributed by atoms with Crippen LogP contribution >= 0.6 is 11.3 Å². The van der Waals surface area contributed by atoms with Gasteiger partial charge in [0.05, 0.1) is 4.88 Å². The summed E-state index contributed by atoms with van der Waals surface area (Å²) >= 11 is 1.65. The zero-order valence-electron chi connectivity index (χ0n) is 5.59. The molecule has 0 spiro atoms. The molecule has 1 nitrogen and oxygen atoms in total. The third-order valence-corrected chi connectivity index (χ3v) is 3.04. The summed E-state index contributed by atoms with van der Waals surface area (Å²) < 4.78 is 0. The molecule has 52 valence electrons. The van der Waals surface area contributed by atoms with E-state index in [1.54, 1.807) is 11.3 Å². The van der Waals surface area contributed by atoms with Crippen molar-refractivity contribution >= 4 is 17.6 Å². The van der Waals surface area contributed by atoms with Crippen LogP contribution in [0.5, 0.6) is 0 Å². The number of rotatable bonds is 1. The Morgan fingerprint density at radius 2 is 2.40 bits per heavy atom. The van der Waals surface area contributed by atoms with Gasteiger partial charge in [-0.05, 0) is 30.9 Å². The van der Waals surface area contributed by atoms with Gasteiger partial charge in [-0.15, -0.1) is 11.3 Å². The molecule has 2 heteroatoms. The highest BCUT2D eigenvalue weighted by atomic mass is 32.1. The molecule has 1 aliphatic carbocycles. The van der Waals surface area contributed by atoms with E-state index in [4.69, 9.17) is 0 Å². The molecule has 0 aromatic carbocycles. The fraction of sp³-hybridized carbons (Fsp3) is 0.375. The molecular formula is C8H8OS. The van der Waals surface area contributed by atoms with E-state index in [0.29, 0.717) is 0 Å². The highest BCUT2D eigenvalue weighted by Crippen LogP contribution is 2.29. The van der Waals surface area contributed by atoms with Crippen LogP contribution in [0.15, 0.2) is 6.07 Å². The minimum atomic E-state index is 0.893. The average molecular weight is 152 g/mol. The van der Waals surface area contributed by atoms with Gasteiger partial charge in [-0.3, -0.25) is 4.79 Å². The molecule has 1 aliphatic rings. The predicted octanol–water partition coefficient (Wildman–Crippen LogP) is 2.05. The lowest BCUT2D eigenvalue weighted by Crippen LogP contribution is -1.72. The van der Waals surface area contributed by atoms with Gasteiger partial charge in [-0.2, -0.15) is 0 Å². The van der Waals surface area contributed by atoms with Crippen LogP contribution < -0.4 is 0 Å². The third kappa shape index (κ3) is 0.797. The molecule has 0 fully saturated rings. The van der Waals surface area contributed by atoms with E-state index < -0.39 is 0 Å². The topological polar surface area (TPSA) is 17.1 Å². The quantitative estimate of drug-likeness (QED) is 0.563. The molecular weight excluding hydrogens is 144 g/mol. The Bertz CT molecular complexity index is 241. The Labute approximate surface area is 63.7 Å². The van der Waals surface area contributed by atoms with Gasteiger partial charge >= 0.3 is 0 Å². The minimum absolute atomic E-state index is 0.893. The maximum atomic E-state index is 10.3. The normalized spacial score (nSPS) is 15.2. The summed E-state index contributed by atoms with van der Waals surface area (Å²) in [6.45, 7) is 0. The first-order valence-corrected chi connectivity index (χ1v) is 4.28. The maximum Gasteiger partial charge on any atom is 0.160 e. The van der Waals surface area contributed by atoms with Gasteiger partial charge in [0.1, 0.15) is 0 Å². The van der Waals surface area contributed by atoms with Gasteiger partial charge in [-0.25, -0.2) is 0 Å². The second-order valence-electron chi connectivity index (χ2n) is 2.57. The summed E-state index contributed by atoms with van der Waals surface area (Å²) in [5.74, 6) is 0. The van der Waals surface area contributed by atoms with E-state index in [1.807, 2.05) is 6.07 Å². The average Bonchev–Trinajstić information content (AvgIpc) is 2.42. The highest BCUT2D eigenvalue weighted by molar-refractivity contribution is 7.13. The van der Waals surface area contributed by atoms with Crippen LogP contribution in [0.1, 0.15) is 26.5 Å². The summed E-state index contributed by atoms with van der Waals surface area (Å²) in [4.78, 5) is 12.6. The van der Waals surface area contributed by atoms with Crippen LogP contribution in [0.3, 0.4) is 0 Å². The lowest BCUT2D eigenvalue weighted by molar-refractivity contribution is 0.112. The Hall–Kier alpha value is -0.630. The van der Waals surface area contributed by atoms with E-state index in [-0.39, 0.29) is 0 Å². The fourth-order valence-corrected chi connectivity index (χ4v) is 2.48. The number of aldehydes is 1. The maximum absolute atomic E-state index is 10.3. The van der Waals surface area contributed by atoms with Gasteiger partial charge in [0.25, 0.3) is 0 Å². The number of carbonyl (C=O) groups is 1. The first-order valence-electron chi connectivity index (χ1n) is 3.47. The van der Waals surface area contributed by atoms with Crippen LogP contribution in [0, 0.1) is 0 Å². The van der Waals surface area contributed by atoms with Crippen molar-refractivity contribution in [3.63, 3.8) is 0 Å². The largest absolute Gasteiger partial charge is 0.297 e. The predicted molar refractivity (Wildman–Crippen MR) is 41.7 cm³/mol. The zero-order chi connectivity index (χ0) is 6.97. The number of aryl methyl sites for hydroxylation is 2. The molecule has 0 unspecified atom stereocenters. The minimum Gasteiger partial charge on any atom is -0.297 e. The van der Waals surface area contributed by atoms with Crippen LogP contribution in [0.2, 0.25) is 0 Å². The van der Waals surface area contributed by atoms with Crippen molar-refractivity contribution in [2.45, 2.75) is 19.3 Å². The highest BCUT2D eigenvalue weighted by Gasteiger charge is 2.13. The van der Waals surface area contributed by atoms with Gasteiger partial charge in [0, 0.05) is 4.88 Å². The third-order valence-electron chi connectivity index (χ3n) is 1.88. The molecule has 0 saturated carbocycles. The Morgan fingerprint density at radius 1 is 1.50 bits per heavy atom. The van der Waals surface area contributed by atoms with E-state index in [2.05, 4.69) is 0 Å². The smallest absolute Gasteiger partial charge is 0.160 e. The van der Waals surface area contributed by atoms with Crippen molar-refractivity contribution in [3.05, 3.63) is 21.4 Å². The second kappa shape index (κ2) is 2.20. The van der Waals surface area contributed by atoms with Crippen molar-refractivity contribution in [1.82, 2.24) is 0 Å². The van der Waals surface area contributed by atoms with Crippen molar-refractivity contribution < 1.29 is 4.79 Å². The summed E-state index contributed by atoms with van der Waals surface area (Å²) in [5.41, 5.74) is 1.41. The number of fused-ring (bicyclic) bond motifs is 1. The molecule has 0 N–H and O–H groups in total. The number of hydrogen-bond donors (Lipinski definition) is 0. The second-order valence-corrected chi connectivity index (χ2v) is 3.74. The lowest BCUT2D eigenvalue weighted by atomic mass is 10.2. The molecule has 10 heavy (non-hydrogen) atoms. The molecule has 1 heterocycles. The van der Waals surface area contributed by atoms with Crippen molar-refractivity contribution in [3.8, 4) is 0 Å². The molecule has 0 radical (unpaired) electrons. The molecule has 2 rings (SSSR count). The van der Waals surface area contributed by atoms with E-state index >= 15 is 0 Å². The lowest BCUT2D eigenvalue weighted by Gasteiger charge is -1.80. The van der Waals surface area contributed by atoms with Crippen LogP contribution in [-0.2, 0) is 12.8 Å². The van der Waals surface area contributed by atoms with Crippen molar-refractivity contribution in [1.29, 1.82) is 0 Å². The number of hydrogen-bond acceptors (Lipinski definition) is 2. The Balaban J connectivity index is 2.46. The van der Waals surface area contributed by atoms with E-state index in [1.165, 1.54) is 29.7 Å².